The summed E-state index contributed by atoms with van der Waals surface area (Å²) in [6, 6.07) is 7.16. The second-order valence-corrected chi connectivity index (χ2v) is 8.05. The quantitative estimate of drug-likeness (QED) is 0.760. The Morgan fingerprint density at radius 3 is 2.71 bits per heavy atom. The molecule has 1 atom stereocenters. The summed E-state index contributed by atoms with van der Waals surface area (Å²) < 4.78 is 11.0. The number of fused-ring (bicyclic) bond motifs is 4. The zero-order valence-corrected chi connectivity index (χ0v) is 15.7. The molecule has 1 aromatic carbocycles. The van der Waals surface area contributed by atoms with Crippen LogP contribution >= 0.6 is 22.9 Å². The molecule has 5 heteroatoms. The van der Waals surface area contributed by atoms with Crippen LogP contribution in [0.3, 0.4) is 0 Å². The third kappa shape index (κ3) is 2.71. The molecule has 0 radical (unpaired) electrons. The van der Waals surface area contributed by atoms with Gasteiger partial charge in [0.25, 0.3) is 0 Å². The first kappa shape index (κ1) is 16.2. The van der Waals surface area contributed by atoms with Crippen molar-refractivity contribution < 1.29 is 9.47 Å². The van der Waals surface area contributed by atoms with Crippen LogP contribution in [0.15, 0.2) is 18.2 Å². The van der Waals surface area contributed by atoms with E-state index in [2.05, 4.69) is 23.1 Å². The monoisotopic (exact) mass is 363 g/mol. The fourth-order valence-corrected chi connectivity index (χ4v) is 5.49. The minimum atomic E-state index is 0.448. The average Bonchev–Trinajstić information content (AvgIpc) is 3.00. The third-order valence-corrected chi connectivity index (χ3v) is 6.60. The van der Waals surface area contributed by atoms with Crippen LogP contribution in [0, 0.1) is 0 Å². The molecule has 1 aromatic heterocycles. The van der Waals surface area contributed by atoms with E-state index in [1.165, 1.54) is 26.4 Å². The van der Waals surface area contributed by atoms with Crippen molar-refractivity contribution in [2.75, 3.05) is 26.6 Å². The maximum atomic E-state index is 5.92. The lowest BCUT2D eigenvalue weighted by molar-refractivity contribution is 0.162. The molecule has 0 aliphatic carbocycles. The van der Waals surface area contributed by atoms with Gasteiger partial charge in [-0.05, 0) is 47.7 Å². The molecule has 3 nitrogen and oxygen atoms in total. The van der Waals surface area contributed by atoms with E-state index in [1.54, 1.807) is 14.2 Å². The van der Waals surface area contributed by atoms with E-state index in [-0.39, 0.29) is 0 Å². The third-order valence-electron chi connectivity index (χ3n) is 5.15. The molecule has 1 unspecified atom stereocenters. The summed E-state index contributed by atoms with van der Waals surface area (Å²) in [5.41, 5.74) is 4.30. The summed E-state index contributed by atoms with van der Waals surface area (Å²) in [4.78, 5) is 5.55. The van der Waals surface area contributed by atoms with Gasteiger partial charge in [0, 0.05) is 41.2 Å². The number of nitrogens with zero attached hydrogens (tertiary/aromatic N) is 1. The van der Waals surface area contributed by atoms with Gasteiger partial charge in [0.2, 0.25) is 0 Å². The molecule has 0 N–H and O–H groups in total. The van der Waals surface area contributed by atoms with E-state index >= 15 is 0 Å². The molecule has 3 heterocycles. The second-order valence-electron chi connectivity index (χ2n) is 6.45. The van der Waals surface area contributed by atoms with Gasteiger partial charge in [-0.1, -0.05) is 0 Å². The van der Waals surface area contributed by atoms with E-state index < -0.39 is 0 Å². The van der Waals surface area contributed by atoms with E-state index in [4.69, 9.17) is 21.1 Å². The smallest absolute Gasteiger partial charge is 0.161 e. The van der Waals surface area contributed by atoms with Gasteiger partial charge in [0.15, 0.2) is 11.5 Å². The highest BCUT2D eigenvalue weighted by Crippen LogP contribution is 2.44. The maximum Gasteiger partial charge on any atom is 0.161 e. The molecule has 2 aliphatic rings. The number of halogens is 1. The standard InChI is InChI=1S/C19H22ClNO2S/c1-22-17-8-12-4-6-21-11-13-7-14(3-5-20)24-19(13)10-16(21)15(12)9-18(17)23-2/h7-9,16H,3-6,10-11H2,1-2H3. The number of rotatable bonds is 4. The Morgan fingerprint density at radius 1 is 1.17 bits per heavy atom. The second kappa shape index (κ2) is 6.58. The predicted molar refractivity (Wildman–Crippen MR) is 98.8 cm³/mol. The molecule has 2 aromatic rings. The topological polar surface area (TPSA) is 21.7 Å². The lowest BCUT2D eigenvalue weighted by atomic mass is 9.86. The average molecular weight is 364 g/mol. The first-order valence-electron chi connectivity index (χ1n) is 8.38. The first-order chi connectivity index (χ1) is 11.7. The van der Waals surface area contributed by atoms with Gasteiger partial charge < -0.3 is 9.47 Å². The van der Waals surface area contributed by atoms with Crippen LogP contribution in [0.5, 0.6) is 11.5 Å². The molecule has 0 bridgehead atoms. The zero-order chi connectivity index (χ0) is 16.7. The van der Waals surface area contributed by atoms with Crippen LogP contribution < -0.4 is 9.47 Å². The van der Waals surface area contributed by atoms with Crippen LogP contribution in [0.2, 0.25) is 0 Å². The van der Waals surface area contributed by atoms with Crippen molar-refractivity contribution in [1.82, 2.24) is 4.90 Å². The first-order valence-corrected chi connectivity index (χ1v) is 9.74. The summed E-state index contributed by atoms with van der Waals surface area (Å²) in [5, 5.41) is 0. The van der Waals surface area contributed by atoms with Crippen molar-refractivity contribution in [2.45, 2.75) is 31.8 Å². The van der Waals surface area contributed by atoms with E-state index in [9.17, 15) is 0 Å². The highest BCUT2D eigenvalue weighted by molar-refractivity contribution is 7.12. The number of thiophene rings is 1. The van der Waals surface area contributed by atoms with Gasteiger partial charge >= 0.3 is 0 Å². The highest BCUT2D eigenvalue weighted by atomic mass is 35.5. The number of aryl methyl sites for hydroxylation is 1. The fourth-order valence-electron chi connectivity index (χ4n) is 3.95. The van der Waals surface area contributed by atoms with Crippen molar-refractivity contribution >= 4 is 22.9 Å². The van der Waals surface area contributed by atoms with Crippen LogP contribution in [-0.2, 0) is 25.8 Å². The summed E-state index contributed by atoms with van der Waals surface area (Å²) in [6.07, 6.45) is 3.14. The lowest BCUT2D eigenvalue weighted by Gasteiger charge is -2.40. The number of hydrogen-bond donors (Lipinski definition) is 0. The van der Waals surface area contributed by atoms with Crippen LogP contribution in [0.1, 0.15) is 32.5 Å². The van der Waals surface area contributed by atoms with Gasteiger partial charge in [0.1, 0.15) is 0 Å². The Morgan fingerprint density at radius 2 is 1.96 bits per heavy atom. The minimum Gasteiger partial charge on any atom is -0.493 e. The molecular formula is C19H22ClNO2S. The SMILES string of the molecule is COc1cc2c(cc1OC)C1Cc3sc(CCCl)cc3CN1CC2. The van der Waals surface area contributed by atoms with E-state index in [0.29, 0.717) is 11.9 Å². The molecular weight excluding hydrogens is 342 g/mol. The summed E-state index contributed by atoms with van der Waals surface area (Å²) >= 11 is 7.86. The van der Waals surface area contributed by atoms with Crippen LogP contribution in [0.25, 0.3) is 0 Å². The van der Waals surface area contributed by atoms with Gasteiger partial charge in [-0.3, -0.25) is 4.90 Å². The number of benzene rings is 1. The molecule has 128 valence electrons. The van der Waals surface area contributed by atoms with E-state index in [0.717, 1.165) is 43.9 Å². The van der Waals surface area contributed by atoms with Crippen LogP contribution in [0.4, 0.5) is 0 Å². The Balaban J connectivity index is 1.70. The normalized spacial score (nSPS) is 19.4. The van der Waals surface area contributed by atoms with Gasteiger partial charge in [-0.15, -0.1) is 22.9 Å². The van der Waals surface area contributed by atoms with Crippen molar-refractivity contribution in [3.05, 3.63) is 44.6 Å². The lowest BCUT2D eigenvalue weighted by Crippen LogP contribution is -2.38. The number of ether oxygens (including phenoxy) is 2. The molecule has 0 fully saturated rings. The Bertz CT molecular complexity index is 758. The van der Waals surface area contributed by atoms with Crippen molar-refractivity contribution in [3.63, 3.8) is 0 Å². The predicted octanol–water partition coefficient (Wildman–Crippen LogP) is 4.20. The molecule has 24 heavy (non-hydrogen) atoms. The zero-order valence-electron chi connectivity index (χ0n) is 14.1. The molecule has 0 saturated heterocycles. The molecule has 0 saturated carbocycles. The maximum absolute atomic E-state index is 5.92. The Hall–Kier alpha value is -1.23. The van der Waals surface area contributed by atoms with Crippen LogP contribution in [-0.4, -0.2) is 31.5 Å². The number of methoxy groups -OCH3 is 2. The molecule has 0 spiro atoms. The number of hydrogen-bond acceptors (Lipinski definition) is 4. The van der Waals surface area contributed by atoms with Crippen molar-refractivity contribution in [3.8, 4) is 11.5 Å². The van der Waals surface area contributed by atoms with E-state index in [1.807, 2.05) is 11.3 Å². The highest BCUT2D eigenvalue weighted by Gasteiger charge is 2.34. The fraction of sp³-hybridized carbons (Fsp3) is 0.474. The van der Waals surface area contributed by atoms with Gasteiger partial charge in [-0.25, -0.2) is 0 Å². The Labute approximate surface area is 152 Å². The summed E-state index contributed by atoms with van der Waals surface area (Å²) in [7, 11) is 3.41. The summed E-state index contributed by atoms with van der Waals surface area (Å²) in [5.74, 6) is 2.37. The molecule has 2 aliphatic heterocycles. The summed E-state index contributed by atoms with van der Waals surface area (Å²) in [6.45, 7) is 2.15. The molecule has 0 amide bonds. The number of alkyl halides is 1. The molecule has 4 rings (SSSR count). The van der Waals surface area contributed by atoms with Crippen molar-refractivity contribution in [2.24, 2.45) is 0 Å². The van der Waals surface area contributed by atoms with Gasteiger partial charge in [0.05, 0.1) is 14.2 Å². The minimum absolute atomic E-state index is 0.448. The van der Waals surface area contributed by atoms with Gasteiger partial charge in [-0.2, -0.15) is 0 Å². The largest absolute Gasteiger partial charge is 0.493 e. The van der Waals surface area contributed by atoms with Crippen molar-refractivity contribution in [1.29, 1.82) is 0 Å². The Kier molecular flexibility index (Phi) is 4.46.